The lowest BCUT2D eigenvalue weighted by molar-refractivity contribution is -0.144. The summed E-state index contributed by atoms with van der Waals surface area (Å²) in [4.78, 5) is 28.0. The monoisotopic (exact) mass is 426 g/mol. The van der Waals surface area contributed by atoms with Gasteiger partial charge in [0.25, 0.3) is 0 Å². The molecule has 3 heterocycles. The first-order valence-electron chi connectivity index (χ1n) is 10.2. The van der Waals surface area contributed by atoms with E-state index in [4.69, 9.17) is 4.52 Å². The minimum Gasteiger partial charge on any atom is -0.480 e. The third-order valence-corrected chi connectivity index (χ3v) is 6.13. The van der Waals surface area contributed by atoms with Gasteiger partial charge in [0, 0.05) is 68.0 Å². The molecule has 0 amide bonds. The smallest absolute Gasteiger partial charge is 0.335 e. The van der Waals surface area contributed by atoms with Gasteiger partial charge in [0.05, 0.1) is 11.3 Å². The summed E-state index contributed by atoms with van der Waals surface area (Å²) in [5.41, 5.74) is 3.54. The predicted molar refractivity (Wildman–Crippen MR) is 113 cm³/mol. The van der Waals surface area contributed by atoms with Crippen LogP contribution in [0.1, 0.15) is 39.0 Å². The van der Waals surface area contributed by atoms with Crippen LogP contribution in [0.2, 0.25) is 0 Å². The summed E-state index contributed by atoms with van der Waals surface area (Å²) in [5, 5.41) is 24.1. The summed E-state index contributed by atoms with van der Waals surface area (Å²) in [6.45, 7) is 7.18. The Balaban J connectivity index is 1.57. The molecule has 164 valence electrons. The average molecular weight is 426 g/mol. The van der Waals surface area contributed by atoms with Crippen LogP contribution in [0.4, 0.5) is 0 Å². The lowest BCUT2D eigenvalue weighted by atomic mass is 10.0. The van der Waals surface area contributed by atoms with Crippen LogP contribution in [-0.2, 0) is 18.4 Å². The van der Waals surface area contributed by atoms with Gasteiger partial charge < -0.3 is 19.3 Å². The van der Waals surface area contributed by atoms with E-state index in [1.807, 2.05) is 30.4 Å². The first-order valence-corrected chi connectivity index (χ1v) is 10.2. The Labute approximate surface area is 179 Å². The topological polar surface area (TPSA) is 112 Å². The van der Waals surface area contributed by atoms with Crippen LogP contribution >= 0.6 is 0 Å². The Morgan fingerprint density at radius 3 is 2.45 bits per heavy atom. The van der Waals surface area contributed by atoms with E-state index in [0.29, 0.717) is 24.0 Å². The number of benzene rings is 1. The molecule has 1 unspecified atom stereocenters. The van der Waals surface area contributed by atoms with Gasteiger partial charge in [-0.1, -0.05) is 5.16 Å². The summed E-state index contributed by atoms with van der Waals surface area (Å²) in [6, 6.07) is 3.99. The highest BCUT2D eigenvalue weighted by Crippen LogP contribution is 2.32. The van der Waals surface area contributed by atoms with Gasteiger partial charge in [-0.15, -0.1) is 0 Å². The molecule has 9 heteroatoms. The molecule has 3 aromatic rings. The molecule has 1 fully saturated rings. The van der Waals surface area contributed by atoms with Gasteiger partial charge in [0.15, 0.2) is 0 Å². The number of hydrogen-bond donors (Lipinski definition) is 2. The maximum Gasteiger partial charge on any atom is 0.335 e. The Bertz CT molecular complexity index is 1120. The number of carboxylic acids is 2. The van der Waals surface area contributed by atoms with Crippen LogP contribution in [0, 0.1) is 13.8 Å². The number of carbonyl (C=O) groups is 2. The summed E-state index contributed by atoms with van der Waals surface area (Å²) in [6.07, 6.45) is 1.80. The third kappa shape index (κ3) is 3.94. The fourth-order valence-corrected chi connectivity index (χ4v) is 4.39. The van der Waals surface area contributed by atoms with E-state index in [1.165, 1.54) is 6.07 Å². The molecule has 0 spiro atoms. The maximum absolute atomic E-state index is 12.3. The van der Waals surface area contributed by atoms with Crippen molar-refractivity contribution in [1.29, 1.82) is 0 Å². The molecular weight excluding hydrogens is 400 g/mol. The number of fused-ring (bicyclic) bond motifs is 1. The molecule has 0 aliphatic carbocycles. The standard InChI is InChI=1S/C22H26N4O5/c1-13-17(14(2)31-23-13)12-25-6-8-26(9-7-25)20(22(29)30)18-11-24(3)19-5-4-15(21(27)28)10-16(18)19/h4-5,10-11,20H,6-9,12H2,1-3H3,(H,27,28)(H,29,30). The number of nitrogens with zero attached hydrogens (tertiary/aromatic N) is 4. The number of aryl methyl sites for hydroxylation is 3. The molecule has 2 N–H and O–H groups in total. The van der Waals surface area contributed by atoms with Gasteiger partial charge in [0.2, 0.25) is 0 Å². The SMILES string of the molecule is Cc1noc(C)c1CN1CCN(C(C(=O)O)c2cn(C)c3ccc(C(=O)O)cc23)CC1. The minimum atomic E-state index is -1.03. The molecule has 0 saturated carbocycles. The van der Waals surface area contributed by atoms with Crippen molar-refractivity contribution < 1.29 is 24.3 Å². The van der Waals surface area contributed by atoms with E-state index in [-0.39, 0.29) is 5.56 Å². The van der Waals surface area contributed by atoms with Crippen molar-refractivity contribution in [2.45, 2.75) is 26.4 Å². The third-order valence-electron chi connectivity index (χ3n) is 6.13. The minimum absolute atomic E-state index is 0.147. The van der Waals surface area contributed by atoms with Crippen LogP contribution in [0.25, 0.3) is 10.9 Å². The van der Waals surface area contributed by atoms with Crippen molar-refractivity contribution >= 4 is 22.8 Å². The van der Waals surface area contributed by atoms with Gasteiger partial charge in [-0.25, -0.2) is 4.79 Å². The molecule has 1 aliphatic rings. The van der Waals surface area contributed by atoms with E-state index in [1.54, 1.807) is 18.3 Å². The molecule has 1 saturated heterocycles. The van der Waals surface area contributed by atoms with Crippen molar-refractivity contribution in [2.24, 2.45) is 7.05 Å². The highest BCUT2D eigenvalue weighted by molar-refractivity contribution is 5.96. The van der Waals surface area contributed by atoms with Crippen molar-refractivity contribution in [1.82, 2.24) is 19.5 Å². The lowest BCUT2D eigenvalue weighted by Crippen LogP contribution is -2.48. The summed E-state index contributed by atoms with van der Waals surface area (Å²) in [7, 11) is 1.84. The Morgan fingerprint density at radius 2 is 1.87 bits per heavy atom. The highest BCUT2D eigenvalue weighted by atomic mass is 16.5. The first-order chi connectivity index (χ1) is 14.8. The number of aromatic nitrogens is 2. The molecule has 31 heavy (non-hydrogen) atoms. The van der Waals surface area contributed by atoms with Gasteiger partial charge in [-0.05, 0) is 32.0 Å². The number of carboxylic acid groups (broad SMARTS) is 2. The maximum atomic E-state index is 12.3. The second-order valence-electron chi connectivity index (χ2n) is 8.09. The zero-order valence-corrected chi connectivity index (χ0v) is 17.8. The number of rotatable bonds is 6. The van der Waals surface area contributed by atoms with Crippen molar-refractivity contribution in [2.75, 3.05) is 26.2 Å². The van der Waals surface area contributed by atoms with Crippen LogP contribution in [0.3, 0.4) is 0 Å². The van der Waals surface area contributed by atoms with Crippen LogP contribution in [0.15, 0.2) is 28.9 Å². The number of hydrogen-bond acceptors (Lipinski definition) is 6. The normalized spacial score (nSPS) is 16.6. The fraction of sp³-hybridized carbons (Fsp3) is 0.409. The number of aliphatic carboxylic acids is 1. The molecule has 9 nitrogen and oxygen atoms in total. The molecule has 0 radical (unpaired) electrons. The van der Waals surface area contributed by atoms with Gasteiger partial charge in [0.1, 0.15) is 11.8 Å². The largest absolute Gasteiger partial charge is 0.480 e. The van der Waals surface area contributed by atoms with Crippen LogP contribution in [0.5, 0.6) is 0 Å². The van der Waals surface area contributed by atoms with Crippen LogP contribution < -0.4 is 0 Å². The van der Waals surface area contributed by atoms with Crippen LogP contribution in [-0.4, -0.2) is 67.9 Å². The summed E-state index contributed by atoms with van der Waals surface area (Å²) < 4.78 is 7.09. The molecule has 1 atom stereocenters. The zero-order valence-electron chi connectivity index (χ0n) is 17.8. The Morgan fingerprint density at radius 1 is 1.16 bits per heavy atom. The average Bonchev–Trinajstić information content (AvgIpc) is 3.22. The van der Waals surface area contributed by atoms with E-state index in [0.717, 1.165) is 42.2 Å². The molecule has 4 rings (SSSR count). The Hall–Kier alpha value is -3.17. The zero-order chi connectivity index (χ0) is 22.3. The predicted octanol–water partition coefficient (Wildman–Crippen LogP) is 2.42. The molecule has 1 aromatic carbocycles. The van der Waals surface area contributed by atoms with Crippen molar-refractivity contribution in [3.8, 4) is 0 Å². The van der Waals surface area contributed by atoms with E-state index < -0.39 is 18.0 Å². The van der Waals surface area contributed by atoms with Gasteiger partial charge >= 0.3 is 11.9 Å². The lowest BCUT2D eigenvalue weighted by Gasteiger charge is -2.37. The first kappa shape index (κ1) is 21.1. The van der Waals surface area contributed by atoms with Crippen molar-refractivity contribution in [3.63, 3.8) is 0 Å². The van der Waals surface area contributed by atoms with E-state index in [2.05, 4.69) is 10.1 Å². The molecule has 1 aliphatic heterocycles. The second-order valence-corrected chi connectivity index (χ2v) is 8.09. The quantitative estimate of drug-likeness (QED) is 0.618. The van der Waals surface area contributed by atoms with E-state index >= 15 is 0 Å². The molecular formula is C22H26N4O5. The number of piperazine rings is 1. The summed E-state index contributed by atoms with van der Waals surface area (Å²) in [5.74, 6) is -1.16. The fourth-order valence-electron chi connectivity index (χ4n) is 4.39. The van der Waals surface area contributed by atoms with Crippen molar-refractivity contribution in [3.05, 3.63) is 52.5 Å². The van der Waals surface area contributed by atoms with Gasteiger partial charge in [-0.3, -0.25) is 14.6 Å². The Kier molecular flexibility index (Phi) is 5.55. The highest BCUT2D eigenvalue weighted by Gasteiger charge is 2.33. The molecule has 2 aromatic heterocycles. The molecule has 0 bridgehead atoms. The van der Waals surface area contributed by atoms with E-state index in [9.17, 15) is 19.8 Å². The number of aromatic carboxylic acids is 1. The second kappa shape index (κ2) is 8.16. The summed E-state index contributed by atoms with van der Waals surface area (Å²) >= 11 is 0. The van der Waals surface area contributed by atoms with Gasteiger partial charge in [-0.2, -0.15) is 0 Å².